The number of thiophene rings is 1. The molecule has 0 saturated carbocycles. The van der Waals surface area contributed by atoms with Crippen molar-refractivity contribution >= 4 is 28.8 Å². The Morgan fingerprint density at radius 1 is 1.21 bits per heavy atom. The van der Waals surface area contributed by atoms with E-state index in [1.807, 2.05) is 0 Å². The second-order valence-electron chi connectivity index (χ2n) is 6.24. The molecule has 4 rings (SSSR count). The Balaban J connectivity index is 1.57. The van der Waals surface area contributed by atoms with Crippen LogP contribution < -0.4 is 11.1 Å². The number of hydrogen-bond acceptors (Lipinski definition) is 5. The van der Waals surface area contributed by atoms with Crippen molar-refractivity contribution in [2.75, 3.05) is 5.73 Å². The van der Waals surface area contributed by atoms with E-state index in [1.165, 1.54) is 22.7 Å². The van der Waals surface area contributed by atoms with Crippen molar-refractivity contribution in [1.82, 2.24) is 19.9 Å². The van der Waals surface area contributed by atoms with E-state index >= 15 is 0 Å². The predicted octanol–water partition coefficient (Wildman–Crippen LogP) is 3.81. The molecule has 6 nitrogen and oxygen atoms in total. The number of nitrogens with two attached hydrogens (primary N) is 1. The topological polar surface area (TPSA) is 85.3 Å². The molecular weight excluding hydrogens is 384 g/mol. The van der Waals surface area contributed by atoms with Crippen LogP contribution in [0, 0.1) is 10.9 Å². The van der Waals surface area contributed by atoms with E-state index in [0.717, 1.165) is 16.9 Å². The van der Waals surface area contributed by atoms with Gasteiger partial charge in [-0.1, -0.05) is 12.1 Å². The Bertz CT molecular complexity index is 1170. The van der Waals surface area contributed by atoms with Crippen molar-refractivity contribution in [2.45, 2.75) is 13.0 Å². The molecule has 0 aliphatic heterocycles. The van der Waals surface area contributed by atoms with Crippen LogP contribution in [0.15, 0.2) is 48.7 Å². The number of benzene rings is 1. The summed E-state index contributed by atoms with van der Waals surface area (Å²) in [5.74, 6) is -0.630. The first-order valence-corrected chi connectivity index (χ1v) is 9.20. The smallest absolute Gasteiger partial charge is 0.261 e. The maximum absolute atomic E-state index is 14.5. The number of halogens is 2. The van der Waals surface area contributed by atoms with Gasteiger partial charge in [0.2, 0.25) is 5.95 Å². The van der Waals surface area contributed by atoms with Gasteiger partial charge >= 0.3 is 0 Å². The summed E-state index contributed by atoms with van der Waals surface area (Å²) in [6.07, 6.45) is 1.60. The highest BCUT2D eigenvalue weighted by atomic mass is 32.1. The second kappa shape index (κ2) is 7.01. The minimum atomic E-state index is -0.480. The van der Waals surface area contributed by atoms with E-state index in [1.54, 1.807) is 37.4 Å². The minimum absolute atomic E-state index is 0.123. The van der Waals surface area contributed by atoms with Crippen molar-refractivity contribution in [2.24, 2.45) is 0 Å². The van der Waals surface area contributed by atoms with Gasteiger partial charge in [0.1, 0.15) is 5.82 Å². The quantitative estimate of drug-likeness (QED) is 0.546. The van der Waals surface area contributed by atoms with Gasteiger partial charge in [-0.15, -0.1) is 16.4 Å². The zero-order valence-electron chi connectivity index (χ0n) is 14.7. The third kappa shape index (κ3) is 3.44. The summed E-state index contributed by atoms with van der Waals surface area (Å²) < 4.78 is 29.0. The molecule has 1 aromatic carbocycles. The predicted molar refractivity (Wildman–Crippen MR) is 103 cm³/mol. The van der Waals surface area contributed by atoms with Crippen molar-refractivity contribution < 1.29 is 13.6 Å². The summed E-state index contributed by atoms with van der Waals surface area (Å²) in [7, 11) is 0. The number of amides is 1. The van der Waals surface area contributed by atoms with Crippen LogP contribution in [-0.2, 0) is 0 Å². The van der Waals surface area contributed by atoms with Gasteiger partial charge in [0.25, 0.3) is 5.91 Å². The van der Waals surface area contributed by atoms with Gasteiger partial charge < -0.3 is 11.1 Å². The molecule has 3 N–H and O–H groups in total. The van der Waals surface area contributed by atoms with Crippen LogP contribution in [0.25, 0.3) is 16.8 Å². The van der Waals surface area contributed by atoms with Crippen LogP contribution in [-0.4, -0.2) is 20.5 Å². The molecule has 0 aliphatic rings. The van der Waals surface area contributed by atoms with Gasteiger partial charge in [0.15, 0.2) is 10.8 Å². The lowest BCUT2D eigenvalue weighted by Gasteiger charge is -2.13. The summed E-state index contributed by atoms with van der Waals surface area (Å²) in [6.45, 7) is 1.78. The summed E-state index contributed by atoms with van der Waals surface area (Å²) >= 11 is 0.759. The van der Waals surface area contributed by atoms with Crippen LogP contribution in [0.2, 0.25) is 0 Å². The molecule has 0 unspecified atom stereocenters. The molecule has 1 atom stereocenters. The fourth-order valence-electron chi connectivity index (χ4n) is 2.84. The summed E-state index contributed by atoms with van der Waals surface area (Å²) in [5, 5.41) is 6.32. The normalized spacial score (nSPS) is 12.2. The molecule has 0 spiro atoms. The lowest BCUT2D eigenvalue weighted by molar-refractivity contribution is 0.0944. The summed E-state index contributed by atoms with van der Waals surface area (Å²) in [6, 6.07) is 10.4. The molecular formula is C19H15F2N5OS. The Labute approximate surface area is 162 Å². The number of nitrogens with one attached hydrogen (secondary N) is 1. The van der Waals surface area contributed by atoms with Gasteiger partial charge in [-0.2, -0.15) is 9.37 Å². The van der Waals surface area contributed by atoms with Crippen molar-refractivity contribution in [3.05, 3.63) is 70.1 Å². The van der Waals surface area contributed by atoms with Crippen LogP contribution in [0.4, 0.5) is 14.7 Å². The molecule has 0 saturated heterocycles. The number of nitrogen functional groups attached to an aromatic ring is 1. The Kier molecular flexibility index (Phi) is 4.52. The van der Waals surface area contributed by atoms with E-state index < -0.39 is 11.0 Å². The molecule has 3 heterocycles. The number of anilines is 1. The molecule has 0 radical (unpaired) electrons. The fourth-order valence-corrected chi connectivity index (χ4v) is 3.65. The van der Waals surface area contributed by atoms with Crippen molar-refractivity contribution in [3.63, 3.8) is 0 Å². The highest BCUT2D eigenvalue weighted by Crippen LogP contribution is 2.30. The number of carbonyl (C=O) groups is 1. The Morgan fingerprint density at radius 3 is 2.71 bits per heavy atom. The molecule has 4 aromatic rings. The van der Waals surface area contributed by atoms with E-state index in [-0.39, 0.29) is 22.7 Å². The minimum Gasteiger partial charge on any atom is -0.366 e. The average Bonchev–Trinajstić information content (AvgIpc) is 3.23. The lowest BCUT2D eigenvalue weighted by atomic mass is 10.1. The first-order valence-electron chi connectivity index (χ1n) is 8.38. The number of hydrogen-bond donors (Lipinski definition) is 2. The van der Waals surface area contributed by atoms with Crippen molar-refractivity contribution in [3.8, 4) is 11.1 Å². The first kappa shape index (κ1) is 18.1. The SMILES string of the molecule is C[C@H](NC(=O)c1cc(-c2ccc3nc(N)nn3c2)c(F)s1)c1ccc(F)cc1. The van der Waals surface area contributed by atoms with Gasteiger partial charge in [-0.05, 0) is 42.8 Å². The molecule has 0 bridgehead atoms. The Hall–Kier alpha value is -3.33. The standard InChI is InChI=1S/C19H15F2N5OS/c1-10(11-2-5-13(20)6-3-11)23-18(27)15-8-14(17(21)28-15)12-4-7-16-24-19(22)25-26(16)9-12/h2-10H,1H3,(H2,22,25)(H,23,27)/t10-/m0/s1. The number of aromatic nitrogens is 3. The lowest BCUT2D eigenvalue weighted by Crippen LogP contribution is -2.25. The zero-order valence-corrected chi connectivity index (χ0v) is 15.5. The monoisotopic (exact) mass is 399 g/mol. The molecule has 142 valence electrons. The van der Waals surface area contributed by atoms with E-state index in [2.05, 4.69) is 15.4 Å². The summed E-state index contributed by atoms with van der Waals surface area (Å²) in [4.78, 5) is 16.8. The van der Waals surface area contributed by atoms with Crippen LogP contribution in [0.5, 0.6) is 0 Å². The molecule has 28 heavy (non-hydrogen) atoms. The highest BCUT2D eigenvalue weighted by molar-refractivity contribution is 7.12. The number of rotatable bonds is 4. The first-order chi connectivity index (χ1) is 13.4. The van der Waals surface area contributed by atoms with E-state index in [9.17, 15) is 13.6 Å². The third-order valence-corrected chi connectivity index (χ3v) is 5.21. The zero-order chi connectivity index (χ0) is 19.8. The third-order valence-electron chi connectivity index (χ3n) is 4.29. The largest absolute Gasteiger partial charge is 0.366 e. The molecule has 3 aromatic heterocycles. The fraction of sp³-hybridized carbons (Fsp3) is 0.105. The van der Waals surface area contributed by atoms with Gasteiger partial charge in [0.05, 0.1) is 10.9 Å². The van der Waals surface area contributed by atoms with Gasteiger partial charge in [-0.3, -0.25) is 4.79 Å². The van der Waals surface area contributed by atoms with Crippen LogP contribution >= 0.6 is 11.3 Å². The van der Waals surface area contributed by atoms with E-state index in [4.69, 9.17) is 5.73 Å². The maximum atomic E-state index is 14.5. The number of pyridine rings is 1. The molecule has 9 heteroatoms. The molecule has 0 aliphatic carbocycles. The highest BCUT2D eigenvalue weighted by Gasteiger charge is 2.18. The number of carbonyl (C=O) groups excluding carboxylic acids is 1. The number of nitrogens with zero attached hydrogens (tertiary/aromatic N) is 3. The van der Waals surface area contributed by atoms with Crippen molar-refractivity contribution in [1.29, 1.82) is 0 Å². The van der Waals surface area contributed by atoms with E-state index in [0.29, 0.717) is 16.8 Å². The molecule has 0 fully saturated rings. The van der Waals surface area contributed by atoms with Crippen LogP contribution in [0.3, 0.4) is 0 Å². The van der Waals surface area contributed by atoms with Gasteiger partial charge in [0, 0.05) is 17.3 Å². The molecule has 1 amide bonds. The average molecular weight is 399 g/mol. The number of fused-ring (bicyclic) bond motifs is 1. The maximum Gasteiger partial charge on any atom is 0.261 e. The van der Waals surface area contributed by atoms with Crippen LogP contribution in [0.1, 0.15) is 28.2 Å². The summed E-state index contributed by atoms with van der Waals surface area (Å²) in [5.41, 5.74) is 7.71. The Morgan fingerprint density at radius 2 is 1.96 bits per heavy atom. The second-order valence-corrected chi connectivity index (χ2v) is 7.24. The van der Waals surface area contributed by atoms with Gasteiger partial charge in [-0.25, -0.2) is 8.91 Å².